The highest BCUT2D eigenvalue weighted by Crippen LogP contribution is 2.37. The second-order valence-corrected chi connectivity index (χ2v) is 8.35. The summed E-state index contributed by atoms with van der Waals surface area (Å²) in [6, 6.07) is 23.3. The van der Waals surface area contributed by atoms with Crippen molar-refractivity contribution < 1.29 is 9.59 Å². The maximum absolute atomic E-state index is 13.2. The normalized spacial score (nSPS) is 15.1. The van der Waals surface area contributed by atoms with Crippen LogP contribution < -0.4 is 10.6 Å². The molecule has 1 aliphatic rings. The summed E-state index contributed by atoms with van der Waals surface area (Å²) in [7, 11) is 1.76. The average molecular weight is 455 g/mol. The number of nitrogens with zero attached hydrogens (tertiary/aromatic N) is 2. The van der Waals surface area contributed by atoms with Gasteiger partial charge in [-0.05, 0) is 54.4 Å². The third-order valence-corrected chi connectivity index (χ3v) is 6.06. The number of benzene rings is 3. The Bertz CT molecular complexity index is 1200. The molecule has 174 valence electrons. The molecule has 34 heavy (non-hydrogen) atoms. The highest BCUT2D eigenvalue weighted by molar-refractivity contribution is 6.24. The maximum Gasteiger partial charge on any atom is 0.253 e. The van der Waals surface area contributed by atoms with Gasteiger partial charge in [-0.15, -0.1) is 0 Å². The molecule has 2 N–H and O–H groups in total. The zero-order valence-corrected chi connectivity index (χ0v) is 19.8. The van der Waals surface area contributed by atoms with E-state index in [-0.39, 0.29) is 11.8 Å². The zero-order valence-electron chi connectivity index (χ0n) is 19.8. The quantitative estimate of drug-likeness (QED) is 0.483. The van der Waals surface area contributed by atoms with Gasteiger partial charge in [-0.2, -0.15) is 0 Å². The van der Waals surface area contributed by atoms with Crippen LogP contribution in [-0.4, -0.2) is 42.6 Å². The van der Waals surface area contributed by atoms with Gasteiger partial charge in [0.2, 0.25) is 5.91 Å². The number of nitrogens with one attached hydrogen (secondary N) is 2. The third kappa shape index (κ3) is 4.92. The molecule has 1 heterocycles. The van der Waals surface area contributed by atoms with Crippen LogP contribution in [0.4, 0.5) is 11.4 Å². The van der Waals surface area contributed by atoms with Gasteiger partial charge < -0.3 is 15.5 Å². The van der Waals surface area contributed by atoms with Crippen LogP contribution >= 0.6 is 0 Å². The Hall–Kier alpha value is -3.77. The molecule has 0 aliphatic carbocycles. The van der Waals surface area contributed by atoms with Crippen molar-refractivity contribution in [2.75, 3.05) is 25.5 Å². The summed E-state index contributed by atoms with van der Waals surface area (Å²) in [5, 5.41) is 6.29. The Kier molecular flexibility index (Phi) is 7.18. The van der Waals surface area contributed by atoms with Gasteiger partial charge in [0.15, 0.2) is 0 Å². The van der Waals surface area contributed by atoms with Crippen LogP contribution in [0.3, 0.4) is 0 Å². The van der Waals surface area contributed by atoms with Gasteiger partial charge >= 0.3 is 0 Å². The van der Waals surface area contributed by atoms with E-state index in [1.165, 1.54) is 5.56 Å². The second-order valence-electron chi connectivity index (χ2n) is 8.35. The van der Waals surface area contributed by atoms with Gasteiger partial charge in [-0.1, -0.05) is 55.5 Å². The monoisotopic (exact) mass is 454 g/mol. The van der Waals surface area contributed by atoms with Crippen molar-refractivity contribution >= 4 is 28.9 Å². The summed E-state index contributed by atoms with van der Waals surface area (Å²) in [5.74, 6) is -0.778. The van der Waals surface area contributed by atoms with Crippen LogP contribution in [0.1, 0.15) is 46.8 Å². The summed E-state index contributed by atoms with van der Waals surface area (Å²) < 4.78 is 0. The Labute approximate surface area is 200 Å². The van der Waals surface area contributed by atoms with Gasteiger partial charge in [0.1, 0.15) is 5.92 Å². The highest BCUT2D eigenvalue weighted by Gasteiger charge is 2.36. The molecular weight excluding hydrogens is 424 g/mol. The average Bonchev–Trinajstić information content (AvgIpc) is 3.20. The van der Waals surface area contributed by atoms with Crippen LogP contribution in [0.5, 0.6) is 0 Å². The molecule has 2 amide bonds. The molecule has 3 aromatic carbocycles. The summed E-state index contributed by atoms with van der Waals surface area (Å²) >= 11 is 0. The van der Waals surface area contributed by atoms with Crippen LogP contribution in [-0.2, 0) is 11.3 Å². The Morgan fingerprint density at radius 1 is 1.00 bits per heavy atom. The summed E-state index contributed by atoms with van der Waals surface area (Å²) in [6.45, 7) is 6.34. The lowest BCUT2D eigenvalue weighted by molar-refractivity contribution is -0.115. The number of hydrogen-bond acceptors (Lipinski definition) is 4. The predicted molar refractivity (Wildman–Crippen MR) is 137 cm³/mol. The standard InChI is InChI=1S/C28H30N4O2/c1-4-29-18-19-11-14-22(15-12-19)30-26(20-9-7-6-8-10-20)25-23-16-13-21(28(34)32(3)5-2)17-24(23)31-27(25)33/h6-17,25,29H,4-5,18H2,1-3H3,(H,31,33). The van der Waals surface area contributed by atoms with Crippen molar-refractivity contribution in [3.8, 4) is 0 Å². The topological polar surface area (TPSA) is 73.8 Å². The first-order valence-electron chi connectivity index (χ1n) is 11.7. The molecule has 0 saturated heterocycles. The minimum absolute atomic E-state index is 0.0717. The van der Waals surface area contributed by atoms with E-state index in [4.69, 9.17) is 4.99 Å². The molecule has 0 bridgehead atoms. The number of rotatable bonds is 8. The van der Waals surface area contributed by atoms with Gasteiger partial charge in [-0.3, -0.25) is 14.6 Å². The molecular formula is C28H30N4O2. The lowest BCUT2D eigenvalue weighted by atomic mass is 9.90. The molecule has 0 radical (unpaired) electrons. The lowest BCUT2D eigenvalue weighted by Crippen LogP contribution is -2.26. The Balaban J connectivity index is 1.73. The molecule has 4 rings (SSSR count). The number of carbonyl (C=O) groups is 2. The third-order valence-electron chi connectivity index (χ3n) is 6.06. The first-order chi connectivity index (χ1) is 16.5. The van der Waals surface area contributed by atoms with Gasteiger partial charge in [0.05, 0.1) is 11.4 Å². The molecule has 1 atom stereocenters. The van der Waals surface area contributed by atoms with E-state index in [2.05, 4.69) is 29.7 Å². The summed E-state index contributed by atoms with van der Waals surface area (Å²) in [6.07, 6.45) is 0. The predicted octanol–water partition coefficient (Wildman–Crippen LogP) is 4.74. The van der Waals surface area contributed by atoms with Crippen molar-refractivity contribution in [1.29, 1.82) is 0 Å². The van der Waals surface area contributed by atoms with Crippen molar-refractivity contribution in [3.63, 3.8) is 0 Å². The molecule has 1 unspecified atom stereocenters. The number of fused-ring (bicyclic) bond motifs is 1. The molecule has 3 aromatic rings. The molecule has 0 fully saturated rings. The summed E-state index contributed by atoms with van der Waals surface area (Å²) in [5.41, 5.74) is 5.58. The Morgan fingerprint density at radius 2 is 1.74 bits per heavy atom. The first-order valence-corrected chi connectivity index (χ1v) is 11.7. The maximum atomic E-state index is 13.2. The van der Waals surface area contributed by atoms with Gasteiger partial charge in [-0.25, -0.2) is 0 Å². The van der Waals surface area contributed by atoms with Crippen molar-refractivity contribution in [2.24, 2.45) is 4.99 Å². The molecule has 0 aromatic heterocycles. The van der Waals surface area contributed by atoms with E-state index >= 15 is 0 Å². The van der Waals surface area contributed by atoms with E-state index in [1.807, 2.05) is 55.5 Å². The van der Waals surface area contributed by atoms with Crippen LogP contribution in [0, 0.1) is 0 Å². The van der Waals surface area contributed by atoms with E-state index in [1.54, 1.807) is 24.1 Å². The number of carbonyl (C=O) groups excluding carboxylic acids is 2. The SMILES string of the molecule is CCNCc1ccc(N=C(c2ccccc2)C2C(=O)Nc3cc(C(=O)N(C)CC)ccc32)cc1. The van der Waals surface area contributed by atoms with Gasteiger partial charge in [0.25, 0.3) is 5.91 Å². The fourth-order valence-electron chi connectivity index (χ4n) is 4.03. The van der Waals surface area contributed by atoms with Crippen molar-refractivity contribution in [2.45, 2.75) is 26.3 Å². The fourth-order valence-corrected chi connectivity index (χ4v) is 4.03. The summed E-state index contributed by atoms with van der Waals surface area (Å²) in [4.78, 5) is 32.4. The lowest BCUT2D eigenvalue weighted by Gasteiger charge is -2.16. The number of hydrogen-bond donors (Lipinski definition) is 2. The smallest absolute Gasteiger partial charge is 0.253 e. The van der Waals surface area contributed by atoms with E-state index < -0.39 is 5.92 Å². The largest absolute Gasteiger partial charge is 0.342 e. The highest BCUT2D eigenvalue weighted by atomic mass is 16.2. The minimum atomic E-state index is -0.563. The Morgan fingerprint density at radius 3 is 2.41 bits per heavy atom. The molecule has 6 nitrogen and oxygen atoms in total. The molecule has 1 aliphatic heterocycles. The molecule has 6 heteroatoms. The van der Waals surface area contributed by atoms with Gasteiger partial charge in [0, 0.05) is 31.4 Å². The van der Waals surface area contributed by atoms with E-state index in [9.17, 15) is 9.59 Å². The number of amides is 2. The van der Waals surface area contributed by atoms with E-state index in [0.717, 1.165) is 29.9 Å². The fraction of sp³-hybridized carbons (Fsp3) is 0.250. The second kappa shape index (κ2) is 10.4. The van der Waals surface area contributed by atoms with Crippen LogP contribution in [0.25, 0.3) is 0 Å². The number of anilines is 1. The number of aliphatic imine (C=N–C) groups is 1. The van der Waals surface area contributed by atoms with Crippen LogP contribution in [0.15, 0.2) is 77.8 Å². The van der Waals surface area contributed by atoms with Crippen molar-refractivity contribution in [3.05, 3.63) is 95.1 Å². The first kappa shape index (κ1) is 23.4. The van der Waals surface area contributed by atoms with Crippen LogP contribution in [0.2, 0.25) is 0 Å². The van der Waals surface area contributed by atoms with Crippen molar-refractivity contribution in [1.82, 2.24) is 10.2 Å². The molecule has 0 saturated carbocycles. The molecule has 0 spiro atoms. The van der Waals surface area contributed by atoms with E-state index in [0.29, 0.717) is 23.5 Å². The zero-order chi connectivity index (χ0) is 24.1. The minimum Gasteiger partial charge on any atom is -0.342 e.